The number of aromatic nitrogens is 5. The van der Waals surface area contributed by atoms with Gasteiger partial charge in [-0.2, -0.15) is 10.1 Å². The van der Waals surface area contributed by atoms with Gasteiger partial charge in [-0.1, -0.05) is 5.16 Å². The molecule has 2 aromatic rings. The number of methoxy groups -OCH3 is 1. The molecule has 8 nitrogen and oxygen atoms in total. The summed E-state index contributed by atoms with van der Waals surface area (Å²) in [5, 5.41) is 8.48. The van der Waals surface area contributed by atoms with Crippen LogP contribution in [0, 0.1) is 19.8 Å². The molecule has 8 heteroatoms. The van der Waals surface area contributed by atoms with E-state index in [9.17, 15) is 0 Å². The van der Waals surface area contributed by atoms with Gasteiger partial charge in [-0.3, -0.25) is 4.90 Å². The SMILES string of the molecule is COCCc1noc(CN2CCCC(Cn3nc(C)nc3C)C2)n1. The summed E-state index contributed by atoms with van der Waals surface area (Å²) in [5.74, 6) is 3.82. The fourth-order valence-electron chi connectivity index (χ4n) is 3.26. The zero-order valence-corrected chi connectivity index (χ0v) is 14.7. The molecule has 0 aliphatic carbocycles. The van der Waals surface area contributed by atoms with Crippen molar-refractivity contribution in [2.24, 2.45) is 5.92 Å². The normalized spacial score (nSPS) is 19.0. The zero-order valence-electron chi connectivity index (χ0n) is 14.7. The van der Waals surface area contributed by atoms with Gasteiger partial charge in [0.25, 0.3) is 0 Å². The van der Waals surface area contributed by atoms with Crippen LogP contribution in [0.25, 0.3) is 0 Å². The van der Waals surface area contributed by atoms with Crippen LogP contribution in [0.15, 0.2) is 4.52 Å². The molecule has 0 amide bonds. The number of aryl methyl sites for hydroxylation is 2. The fourth-order valence-corrected chi connectivity index (χ4v) is 3.26. The molecule has 1 aliphatic rings. The van der Waals surface area contributed by atoms with E-state index < -0.39 is 0 Å². The van der Waals surface area contributed by atoms with Crippen LogP contribution in [0.3, 0.4) is 0 Å². The number of rotatable bonds is 7. The van der Waals surface area contributed by atoms with Crippen LogP contribution in [0.1, 0.15) is 36.2 Å². The second-order valence-corrected chi connectivity index (χ2v) is 6.48. The summed E-state index contributed by atoms with van der Waals surface area (Å²) < 4.78 is 12.4. The maximum atomic E-state index is 5.35. The Morgan fingerprint density at radius 3 is 2.92 bits per heavy atom. The average Bonchev–Trinajstić information content (AvgIpc) is 3.12. The van der Waals surface area contributed by atoms with Gasteiger partial charge in [0, 0.05) is 26.6 Å². The quantitative estimate of drug-likeness (QED) is 0.756. The molecule has 3 heterocycles. The number of likely N-dealkylation sites (tertiary alicyclic amines) is 1. The molecule has 0 bridgehead atoms. The van der Waals surface area contributed by atoms with E-state index in [4.69, 9.17) is 9.26 Å². The highest BCUT2D eigenvalue weighted by molar-refractivity contribution is 4.90. The summed E-state index contributed by atoms with van der Waals surface area (Å²) in [5.41, 5.74) is 0. The number of piperidine rings is 1. The summed E-state index contributed by atoms with van der Waals surface area (Å²) in [4.78, 5) is 11.2. The van der Waals surface area contributed by atoms with E-state index in [1.54, 1.807) is 7.11 Å². The second kappa shape index (κ2) is 7.85. The standard InChI is InChI=1S/C16H26N6O2/c1-12-17-13(2)22(19-12)10-14-5-4-7-21(9-14)11-16-18-15(20-24-16)6-8-23-3/h14H,4-11H2,1-3H3. The summed E-state index contributed by atoms with van der Waals surface area (Å²) in [6, 6.07) is 0. The first kappa shape index (κ1) is 17.0. The molecule has 0 saturated carbocycles. The van der Waals surface area contributed by atoms with Gasteiger partial charge in [0.1, 0.15) is 11.6 Å². The third kappa shape index (κ3) is 4.39. The molecular weight excluding hydrogens is 308 g/mol. The van der Waals surface area contributed by atoms with Crippen molar-refractivity contribution < 1.29 is 9.26 Å². The molecule has 3 rings (SSSR count). The predicted octanol–water partition coefficient (Wildman–Crippen LogP) is 1.38. The van der Waals surface area contributed by atoms with Gasteiger partial charge in [0.2, 0.25) is 5.89 Å². The van der Waals surface area contributed by atoms with E-state index in [2.05, 4.69) is 25.1 Å². The Morgan fingerprint density at radius 2 is 2.17 bits per heavy atom. The fraction of sp³-hybridized carbons (Fsp3) is 0.750. The van der Waals surface area contributed by atoms with Crippen molar-refractivity contribution in [3.63, 3.8) is 0 Å². The minimum Gasteiger partial charge on any atom is -0.384 e. The topological polar surface area (TPSA) is 82.1 Å². The Bertz CT molecular complexity index is 653. The van der Waals surface area contributed by atoms with Crippen molar-refractivity contribution in [2.75, 3.05) is 26.8 Å². The van der Waals surface area contributed by atoms with Crippen LogP contribution >= 0.6 is 0 Å². The van der Waals surface area contributed by atoms with E-state index in [1.807, 2.05) is 18.5 Å². The molecule has 0 aromatic carbocycles. The predicted molar refractivity (Wildman–Crippen MR) is 87.4 cm³/mol. The van der Waals surface area contributed by atoms with Gasteiger partial charge < -0.3 is 9.26 Å². The molecule has 0 spiro atoms. The van der Waals surface area contributed by atoms with Gasteiger partial charge in [0.05, 0.1) is 13.2 Å². The molecule has 1 saturated heterocycles. The summed E-state index contributed by atoms with van der Waals surface area (Å²) >= 11 is 0. The van der Waals surface area contributed by atoms with E-state index in [-0.39, 0.29) is 0 Å². The number of nitrogens with zero attached hydrogens (tertiary/aromatic N) is 6. The van der Waals surface area contributed by atoms with Crippen molar-refractivity contribution in [1.82, 2.24) is 29.8 Å². The average molecular weight is 334 g/mol. The summed E-state index contributed by atoms with van der Waals surface area (Å²) in [7, 11) is 1.67. The van der Waals surface area contributed by atoms with E-state index >= 15 is 0 Å². The van der Waals surface area contributed by atoms with Crippen molar-refractivity contribution in [2.45, 2.75) is 46.2 Å². The largest absolute Gasteiger partial charge is 0.384 e. The zero-order chi connectivity index (χ0) is 16.9. The van der Waals surface area contributed by atoms with E-state index in [0.717, 1.165) is 31.3 Å². The maximum absolute atomic E-state index is 5.35. The number of ether oxygens (including phenoxy) is 1. The van der Waals surface area contributed by atoms with Gasteiger partial charge >= 0.3 is 0 Å². The molecule has 0 radical (unpaired) electrons. The van der Waals surface area contributed by atoms with Crippen LogP contribution in [0.2, 0.25) is 0 Å². The minimum absolute atomic E-state index is 0.578. The van der Waals surface area contributed by atoms with Gasteiger partial charge in [-0.05, 0) is 39.2 Å². The smallest absolute Gasteiger partial charge is 0.240 e. The lowest BCUT2D eigenvalue weighted by Crippen LogP contribution is -2.37. The van der Waals surface area contributed by atoms with Crippen LogP contribution < -0.4 is 0 Å². The lowest BCUT2D eigenvalue weighted by molar-refractivity contribution is 0.138. The van der Waals surface area contributed by atoms with Crippen LogP contribution in [0.5, 0.6) is 0 Å². The van der Waals surface area contributed by atoms with Gasteiger partial charge in [0.15, 0.2) is 5.82 Å². The Balaban J connectivity index is 1.53. The molecule has 1 atom stereocenters. The van der Waals surface area contributed by atoms with Gasteiger partial charge in [-0.15, -0.1) is 0 Å². The monoisotopic (exact) mass is 334 g/mol. The third-order valence-electron chi connectivity index (χ3n) is 4.40. The van der Waals surface area contributed by atoms with Crippen molar-refractivity contribution in [1.29, 1.82) is 0 Å². The first-order valence-electron chi connectivity index (χ1n) is 8.55. The summed E-state index contributed by atoms with van der Waals surface area (Å²) in [6.45, 7) is 8.29. The molecule has 132 valence electrons. The Kier molecular flexibility index (Phi) is 5.57. The lowest BCUT2D eigenvalue weighted by atomic mass is 9.98. The molecule has 2 aromatic heterocycles. The van der Waals surface area contributed by atoms with Crippen molar-refractivity contribution >= 4 is 0 Å². The molecule has 1 aliphatic heterocycles. The highest BCUT2D eigenvalue weighted by Gasteiger charge is 2.23. The highest BCUT2D eigenvalue weighted by atomic mass is 16.5. The van der Waals surface area contributed by atoms with Crippen LogP contribution in [-0.4, -0.2) is 56.6 Å². The minimum atomic E-state index is 0.578. The Labute approximate surface area is 142 Å². The highest BCUT2D eigenvalue weighted by Crippen LogP contribution is 2.20. The summed E-state index contributed by atoms with van der Waals surface area (Å²) in [6.07, 6.45) is 3.09. The molecule has 24 heavy (non-hydrogen) atoms. The molecule has 1 unspecified atom stereocenters. The maximum Gasteiger partial charge on any atom is 0.240 e. The van der Waals surface area contributed by atoms with Crippen LogP contribution in [-0.2, 0) is 24.2 Å². The van der Waals surface area contributed by atoms with Gasteiger partial charge in [-0.25, -0.2) is 9.67 Å². The Morgan fingerprint density at radius 1 is 1.29 bits per heavy atom. The molecule has 0 N–H and O–H groups in total. The van der Waals surface area contributed by atoms with E-state index in [0.29, 0.717) is 37.2 Å². The Hall–Kier alpha value is -1.80. The van der Waals surface area contributed by atoms with Crippen LogP contribution in [0.4, 0.5) is 0 Å². The first-order chi connectivity index (χ1) is 11.6. The molecular formula is C16H26N6O2. The molecule has 1 fully saturated rings. The first-order valence-corrected chi connectivity index (χ1v) is 8.55. The number of hydrogen-bond donors (Lipinski definition) is 0. The number of hydrogen-bond acceptors (Lipinski definition) is 7. The lowest BCUT2D eigenvalue weighted by Gasteiger charge is -2.31. The second-order valence-electron chi connectivity index (χ2n) is 6.48. The van der Waals surface area contributed by atoms with E-state index in [1.165, 1.54) is 12.8 Å². The van der Waals surface area contributed by atoms with Crippen molar-refractivity contribution in [3.05, 3.63) is 23.4 Å². The third-order valence-corrected chi connectivity index (χ3v) is 4.40. The van der Waals surface area contributed by atoms with Crippen molar-refractivity contribution in [3.8, 4) is 0 Å².